The number of carboxylic acids is 1. The zero-order chi connectivity index (χ0) is 13.6. The van der Waals surface area contributed by atoms with E-state index in [1.165, 1.54) is 0 Å². The molecule has 0 aromatic carbocycles. The minimum atomic E-state index is -1.14. The summed E-state index contributed by atoms with van der Waals surface area (Å²) in [4.78, 5) is 32.8. The van der Waals surface area contributed by atoms with Crippen LogP contribution in [0, 0.1) is 5.41 Å². The Bertz CT molecular complexity index is 309. The van der Waals surface area contributed by atoms with E-state index in [0.717, 1.165) is 0 Å². The molecule has 17 heavy (non-hydrogen) atoms. The Morgan fingerprint density at radius 1 is 1.18 bits per heavy atom. The summed E-state index contributed by atoms with van der Waals surface area (Å²) in [6.07, 6.45) is 0. The van der Waals surface area contributed by atoms with Gasteiger partial charge in [0.15, 0.2) is 0 Å². The summed E-state index contributed by atoms with van der Waals surface area (Å²) in [6.45, 7) is 4.67. The van der Waals surface area contributed by atoms with Gasteiger partial charge in [0.25, 0.3) is 0 Å². The Labute approximate surface area is 99.7 Å². The van der Waals surface area contributed by atoms with Crippen molar-refractivity contribution >= 4 is 17.8 Å². The topological polar surface area (TPSA) is 122 Å². The van der Waals surface area contributed by atoms with Crippen LogP contribution in [0.25, 0.3) is 0 Å². The predicted octanol–water partition coefficient (Wildman–Crippen LogP) is -1.32. The first-order chi connectivity index (χ1) is 7.64. The molecule has 0 aliphatic heterocycles. The molecule has 0 unspecified atom stereocenters. The van der Waals surface area contributed by atoms with Gasteiger partial charge in [-0.3, -0.25) is 14.4 Å². The fraction of sp³-hybridized carbons (Fsp3) is 0.700. The molecule has 0 spiro atoms. The van der Waals surface area contributed by atoms with Crippen LogP contribution in [0.15, 0.2) is 0 Å². The van der Waals surface area contributed by atoms with Crippen LogP contribution in [0.2, 0.25) is 0 Å². The SMILES string of the molecule is CC(C)(C)[C@H](N)C(=O)NCC(=O)NCC(=O)O. The van der Waals surface area contributed by atoms with Gasteiger partial charge in [-0.2, -0.15) is 0 Å². The van der Waals surface area contributed by atoms with Gasteiger partial charge in [-0.1, -0.05) is 20.8 Å². The van der Waals surface area contributed by atoms with E-state index in [1.54, 1.807) is 0 Å². The molecule has 1 atom stereocenters. The van der Waals surface area contributed by atoms with Crippen LogP contribution in [0.3, 0.4) is 0 Å². The van der Waals surface area contributed by atoms with Crippen LogP contribution in [-0.4, -0.2) is 42.0 Å². The van der Waals surface area contributed by atoms with Gasteiger partial charge < -0.3 is 21.5 Å². The van der Waals surface area contributed by atoms with Crippen molar-refractivity contribution in [3.05, 3.63) is 0 Å². The summed E-state index contributed by atoms with van der Waals surface area (Å²) < 4.78 is 0. The number of aliphatic carboxylic acids is 1. The number of hydrogen-bond acceptors (Lipinski definition) is 4. The van der Waals surface area contributed by atoms with Crippen LogP contribution in [-0.2, 0) is 14.4 Å². The molecule has 0 aliphatic rings. The van der Waals surface area contributed by atoms with Crippen LogP contribution < -0.4 is 16.4 Å². The molecule has 0 fully saturated rings. The number of carboxylic acid groups (broad SMARTS) is 1. The second-order valence-electron chi connectivity index (χ2n) is 4.73. The van der Waals surface area contributed by atoms with E-state index in [-0.39, 0.29) is 6.54 Å². The van der Waals surface area contributed by atoms with Crippen LogP contribution in [0.5, 0.6) is 0 Å². The third kappa shape index (κ3) is 6.52. The molecule has 2 amide bonds. The first-order valence-corrected chi connectivity index (χ1v) is 5.16. The number of nitrogens with one attached hydrogen (secondary N) is 2. The van der Waals surface area contributed by atoms with Crippen molar-refractivity contribution in [3.63, 3.8) is 0 Å². The normalized spacial score (nSPS) is 12.7. The molecule has 0 rings (SSSR count). The van der Waals surface area contributed by atoms with Gasteiger partial charge in [0.1, 0.15) is 6.54 Å². The maximum Gasteiger partial charge on any atom is 0.322 e. The molecule has 0 saturated heterocycles. The maximum absolute atomic E-state index is 11.5. The maximum atomic E-state index is 11.5. The first kappa shape index (κ1) is 15.4. The Balaban J connectivity index is 4.00. The van der Waals surface area contributed by atoms with Crippen molar-refractivity contribution in [2.75, 3.05) is 13.1 Å². The zero-order valence-corrected chi connectivity index (χ0v) is 10.2. The van der Waals surface area contributed by atoms with Crippen molar-refractivity contribution in [1.29, 1.82) is 0 Å². The van der Waals surface area contributed by atoms with Gasteiger partial charge in [0, 0.05) is 0 Å². The lowest BCUT2D eigenvalue weighted by Crippen LogP contribution is -2.50. The Hall–Kier alpha value is -1.63. The van der Waals surface area contributed by atoms with Gasteiger partial charge in [-0.05, 0) is 5.41 Å². The lowest BCUT2D eigenvalue weighted by Gasteiger charge is -2.25. The third-order valence-corrected chi connectivity index (χ3v) is 2.08. The number of hydrogen-bond donors (Lipinski definition) is 4. The Morgan fingerprint density at radius 2 is 1.71 bits per heavy atom. The van der Waals surface area contributed by atoms with Gasteiger partial charge >= 0.3 is 5.97 Å². The molecular weight excluding hydrogens is 226 g/mol. The van der Waals surface area contributed by atoms with Crippen molar-refractivity contribution < 1.29 is 19.5 Å². The summed E-state index contributed by atoms with van der Waals surface area (Å²) in [5.41, 5.74) is 5.26. The van der Waals surface area contributed by atoms with Crippen molar-refractivity contribution in [2.45, 2.75) is 26.8 Å². The highest BCUT2D eigenvalue weighted by Crippen LogP contribution is 2.16. The average Bonchev–Trinajstić information content (AvgIpc) is 2.20. The van der Waals surface area contributed by atoms with E-state index < -0.39 is 35.8 Å². The minimum absolute atomic E-state index is 0.282. The first-order valence-electron chi connectivity index (χ1n) is 5.16. The van der Waals surface area contributed by atoms with E-state index in [9.17, 15) is 14.4 Å². The number of carbonyl (C=O) groups excluding carboxylic acids is 2. The van der Waals surface area contributed by atoms with Crippen molar-refractivity contribution in [2.24, 2.45) is 11.1 Å². The van der Waals surface area contributed by atoms with Crippen LogP contribution >= 0.6 is 0 Å². The molecule has 5 N–H and O–H groups in total. The fourth-order valence-electron chi connectivity index (χ4n) is 0.907. The number of amides is 2. The molecule has 0 aromatic heterocycles. The molecule has 0 aromatic rings. The number of carbonyl (C=O) groups is 3. The fourth-order valence-corrected chi connectivity index (χ4v) is 0.907. The Morgan fingerprint density at radius 3 is 2.12 bits per heavy atom. The van der Waals surface area contributed by atoms with Gasteiger partial charge in [0.05, 0.1) is 12.6 Å². The third-order valence-electron chi connectivity index (χ3n) is 2.08. The molecule has 0 radical (unpaired) electrons. The predicted molar refractivity (Wildman–Crippen MR) is 61.1 cm³/mol. The Kier molecular flexibility index (Phi) is 5.60. The summed E-state index contributed by atoms with van der Waals surface area (Å²) in [5, 5.41) is 12.8. The van der Waals surface area contributed by atoms with Crippen LogP contribution in [0.4, 0.5) is 0 Å². The van der Waals surface area contributed by atoms with E-state index >= 15 is 0 Å². The molecule has 0 bridgehead atoms. The van der Waals surface area contributed by atoms with Crippen LogP contribution in [0.1, 0.15) is 20.8 Å². The molecule has 0 heterocycles. The molecule has 0 aliphatic carbocycles. The number of nitrogens with two attached hydrogens (primary N) is 1. The van der Waals surface area contributed by atoms with Gasteiger partial charge in [-0.15, -0.1) is 0 Å². The van der Waals surface area contributed by atoms with Crippen molar-refractivity contribution in [1.82, 2.24) is 10.6 Å². The minimum Gasteiger partial charge on any atom is -0.480 e. The highest BCUT2D eigenvalue weighted by Gasteiger charge is 2.27. The molecule has 98 valence electrons. The van der Waals surface area contributed by atoms with E-state index in [4.69, 9.17) is 10.8 Å². The van der Waals surface area contributed by atoms with Crippen molar-refractivity contribution in [3.8, 4) is 0 Å². The second kappa shape index (κ2) is 6.19. The lowest BCUT2D eigenvalue weighted by atomic mass is 9.87. The summed E-state index contributed by atoms with van der Waals surface area (Å²) in [7, 11) is 0. The van der Waals surface area contributed by atoms with Gasteiger partial charge in [0.2, 0.25) is 11.8 Å². The summed E-state index contributed by atoms with van der Waals surface area (Å²) >= 11 is 0. The number of rotatable bonds is 5. The quantitative estimate of drug-likeness (QED) is 0.478. The largest absolute Gasteiger partial charge is 0.480 e. The van der Waals surface area contributed by atoms with E-state index in [1.807, 2.05) is 20.8 Å². The standard InChI is InChI=1S/C10H19N3O4/c1-10(2,3)8(11)9(17)13-4-6(14)12-5-7(15)16/h8H,4-5,11H2,1-3H3,(H,12,14)(H,13,17)(H,15,16)/t8-/m1/s1. The average molecular weight is 245 g/mol. The molecule has 7 heteroatoms. The summed E-state index contributed by atoms with van der Waals surface area (Å²) in [6, 6.07) is -0.727. The lowest BCUT2D eigenvalue weighted by molar-refractivity contribution is -0.137. The van der Waals surface area contributed by atoms with E-state index in [0.29, 0.717) is 0 Å². The molecule has 7 nitrogen and oxygen atoms in total. The molecular formula is C10H19N3O4. The molecule has 0 saturated carbocycles. The highest BCUT2D eigenvalue weighted by atomic mass is 16.4. The monoisotopic (exact) mass is 245 g/mol. The highest BCUT2D eigenvalue weighted by molar-refractivity contribution is 5.88. The second-order valence-corrected chi connectivity index (χ2v) is 4.73. The van der Waals surface area contributed by atoms with E-state index in [2.05, 4.69) is 10.6 Å². The smallest absolute Gasteiger partial charge is 0.322 e. The summed E-state index contributed by atoms with van der Waals surface area (Å²) in [5.74, 6) is -2.15. The van der Waals surface area contributed by atoms with Gasteiger partial charge in [-0.25, -0.2) is 0 Å². The zero-order valence-electron chi connectivity index (χ0n) is 10.2.